The quantitative estimate of drug-likeness (QED) is 0.782. The van der Waals surface area contributed by atoms with E-state index >= 15 is 0 Å². The fraction of sp³-hybridized carbons (Fsp3) is 0.294. The van der Waals surface area contributed by atoms with Crippen molar-refractivity contribution >= 4 is 21.6 Å². The van der Waals surface area contributed by atoms with E-state index in [9.17, 15) is 0 Å². The molecule has 2 aliphatic heterocycles. The second-order valence-electron chi connectivity index (χ2n) is 5.50. The van der Waals surface area contributed by atoms with Gasteiger partial charge in [-0.1, -0.05) is 34.1 Å². The number of ether oxygens (including phenoxy) is 1. The molecular formula is C17H16BrNO. The fourth-order valence-electron chi connectivity index (χ4n) is 3.10. The van der Waals surface area contributed by atoms with Crippen molar-refractivity contribution < 1.29 is 6.11 Å². The molecule has 0 N–H and O–H groups in total. The van der Waals surface area contributed by atoms with Crippen molar-refractivity contribution in [1.29, 1.82) is 0 Å². The van der Waals surface area contributed by atoms with E-state index in [4.69, 9.17) is 6.11 Å². The van der Waals surface area contributed by atoms with Crippen LogP contribution in [0.1, 0.15) is 13.4 Å². The Labute approximate surface area is 128 Å². The lowest BCUT2D eigenvalue weighted by Crippen LogP contribution is -2.37. The molecule has 2 nitrogen and oxygen atoms in total. The Morgan fingerprint density at radius 3 is 2.75 bits per heavy atom. The molecule has 3 heteroatoms. The highest BCUT2D eigenvalue weighted by molar-refractivity contribution is 9.10. The average molecular weight is 331 g/mol. The van der Waals surface area contributed by atoms with Gasteiger partial charge in [0, 0.05) is 29.5 Å². The van der Waals surface area contributed by atoms with Crippen LogP contribution in [0.3, 0.4) is 0 Å². The number of fused-ring (bicyclic) bond motifs is 1. The molecule has 102 valence electrons. The van der Waals surface area contributed by atoms with Gasteiger partial charge in [0.05, 0.1) is 7.89 Å². The Morgan fingerprint density at radius 2 is 1.95 bits per heavy atom. The van der Waals surface area contributed by atoms with Crippen LogP contribution in [0.2, 0.25) is 0 Å². The van der Waals surface area contributed by atoms with Gasteiger partial charge < -0.3 is 9.64 Å². The van der Waals surface area contributed by atoms with Crippen LogP contribution >= 0.6 is 15.9 Å². The number of anilines is 1. The lowest BCUT2D eigenvalue weighted by atomic mass is 9.96. The molecule has 2 unspecified atom stereocenters. The zero-order chi connectivity index (χ0) is 14.4. The highest BCUT2D eigenvalue weighted by Gasteiger charge is 2.44. The van der Waals surface area contributed by atoms with Crippen LogP contribution < -0.4 is 9.64 Å². The summed E-state index contributed by atoms with van der Waals surface area (Å²) in [6, 6.07) is 16.3. The number of hydrogen-bond donors (Lipinski definition) is 0. The molecule has 0 radical (unpaired) electrons. The lowest BCUT2D eigenvalue weighted by molar-refractivity contribution is 0.120. The first-order valence-electron chi connectivity index (χ1n) is 7.47. The predicted molar refractivity (Wildman–Crippen MR) is 84.5 cm³/mol. The van der Waals surface area contributed by atoms with E-state index < -0.39 is 5.60 Å². The molecule has 2 aliphatic rings. The van der Waals surface area contributed by atoms with Gasteiger partial charge in [-0.2, -0.15) is 0 Å². The van der Waals surface area contributed by atoms with E-state index in [1.165, 1.54) is 5.56 Å². The minimum Gasteiger partial charge on any atom is -0.485 e. The third-order valence-electron chi connectivity index (χ3n) is 4.10. The smallest absolute Gasteiger partial charge is 0.132 e. The van der Waals surface area contributed by atoms with Gasteiger partial charge in [-0.15, -0.1) is 0 Å². The average Bonchev–Trinajstić information content (AvgIpc) is 3.02. The molecule has 1 spiro atoms. The molecule has 2 atom stereocenters. The normalized spacial score (nSPS) is 28.4. The summed E-state index contributed by atoms with van der Waals surface area (Å²) in [6.45, 7) is 0.495. The van der Waals surface area contributed by atoms with Gasteiger partial charge in [-0.3, -0.25) is 0 Å². The molecule has 20 heavy (non-hydrogen) atoms. The maximum atomic E-state index is 8.69. The van der Waals surface area contributed by atoms with E-state index in [2.05, 4.69) is 39.0 Å². The SMILES string of the molecule is [2H]C1N(c2ccc(Br)cc2)CCC12Cc1ccccc1O2. The van der Waals surface area contributed by atoms with E-state index in [0.29, 0.717) is 0 Å². The van der Waals surface area contributed by atoms with Gasteiger partial charge >= 0.3 is 0 Å². The van der Waals surface area contributed by atoms with Gasteiger partial charge in [0.15, 0.2) is 0 Å². The second kappa shape index (κ2) is 4.52. The van der Waals surface area contributed by atoms with E-state index in [0.717, 1.165) is 35.3 Å². The van der Waals surface area contributed by atoms with Crippen LogP contribution in [-0.2, 0) is 6.42 Å². The topological polar surface area (TPSA) is 12.5 Å². The van der Waals surface area contributed by atoms with Gasteiger partial charge in [-0.25, -0.2) is 0 Å². The highest BCUT2D eigenvalue weighted by Crippen LogP contribution is 2.41. The van der Waals surface area contributed by atoms with Crippen LogP contribution in [0.25, 0.3) is 0 Å². The summed E-state index contributed by atoms with van der Waals surface area (Å²) in [5.74, 6) is 0.951. The first-order valence-corrected chi connectivity index (χ1v) is 7.69. The molecule has 2 heterocycles. The van der Waals surface area contributed by atoms with Crippen molar-refractivity contribution in [2.75, 3.05) is 18.0 Å². The van der Waals surface area contributed by atoms with Crippen molar-refractivity contribution in [3.05, 3.63) is 58.6 Å². The van der Waals surface area contributed by atoms with Gasteiger partial charge in [0.2, 0.25) is 0 Å². The predicted octanol–water partition coefficient (Wildman–Crippen LogP) is 4.03. The summed E-state index contributed by atoms with van der Waals surface area (Å²) in [7, 11) is 0. The number of nitrogens with zero attached hydrogens (tertiary/aromatic N) is 1. The first-order chi connectivity index (χ1) is 10.2. The summed E-state index contributed by atoms with van der Waals surface area (Å²) in [6.07, 6.45) is 1.73. The number of rotatable bonds is 1. The molecule has 1 saturated heterocycles. The highest BCUT2D eigenvalue weighted by atomic mass is 79.9. The first kappa shape index (κ1) is 11.2. The van der Waals surface area contributed by atoms with Crippen molar-refractivity contribution in [3.63, 3.8) is 0 Å². The summed E-state index contributed by atoms with van der Waals surface area (Å²) in [5, 5.41) is 0. The number of hydrogen-bond acceptors (Lipinski definition) is 2. The van der Waals surface area contributed by atoms with Crippen LogP contribution in [0, 0.1) is 0 Å². The van der Waals surface area contributed by atoms with Gasteiger partial charge in [0.1, 0.15) is 11.4 Å². The van der Waals surface area contributed by atoms with Crippen LogP contribution in [0.4, 0.5) is 5.69 Å². The molecule has 2 aromatic rings. The van der Waals surface area contributed by atoms with Crippen LogP contribution in [0.15, 0.2) is 53.0 Å². The Balaban J connectivity index is 1.62. The number of halogens is 1. The minimum atomic E-state index is -0.392. The van der Waals surface area contributed by atoms with Crippen LogP contribution in [-0.4, -0.2) is 18.7 Å². The van der Waals surface area contributed by atoms with Crippen molar-refractivity contribution in [3.8, 4) is 5.75 Å². The van der Waals surface area contributed by atoms with Gasteiger partial charge in [0.25, 0.3) is 0 Å². The van der Waals surface area contributed by atoms with Crippen molar-refractivity contribution in [2.45, 2.75) is 18.4 Å². The Hall–Kier alpha value is -1.48. The summed E-state index contributed by atoms with van der Waals surface area (Å²) < 4.78 is 16.0. The lowest BCUT2D eigenvalue weighted by Gasteiger charge is -2.25. The maximum Gasteiger partial charge on any atom is 0.132 e. The molecule has 0 amide bonds. The Bertz CT molecular complexity index is 648. The standard InChI is InChI=1S/C17H16BrNO/c18-14-5-7-15(8-6-14)19-10-9-17(12-19)11-13-3-1-2-4-16(13)20-17/h1-8H,9-12H2/i12D. The monoisotopic (exact) mass is 330 g/mol. The fourth-order valence-corrected chi connectivity index (χ4v) is 3.36. The summed E-state index contributed by atoms with van der Waals surface area (Å²) in [4.78, 5) is 2.14. The molecule has 0 saturated carbocycles. The molecule has 1 fully saturated rings. The molecule has 0 bridgehead atoms. The second-order valence-corrected chi connectivity index (χ2v) is 6.42. The molecule has 0 aliphatic carbocycles. The van der Waals surface area contributed by atoms with E-state index in [1.54, 1.807) is 0 Å². The van der Waals surface area contributed by atoms with Gasteiger partial charge in [-0.05, 0) is 35.9 Å². The third-order valence-corrected chi connectivity index (χ3v) is 4.63. The van der Waals surface area contributed by atoms with E-state index in [1.807, 2.05) is 30.3 Å². The summed E-state index contributed by atoms with van der Waals surface area (Å²) >= 11 is 3.46. The zero-order valence-electron chi connectivity index (χ0n) is 12.1. The largest absolute Gasteiger partial charge is 0.485 e. The maximum absolute atomic E-state index is 8.69. The number of para-hydroxylation sites is 1. The Kier molecular flexibility index (Phi) is 2.53. The Morgan fingerprint density at radius 1 is 1.15 bits per heavy atom. The summed E-state index contributed by atoms with van der Waals surface area (Å²) in [5.41, 5.74) is 1.93. The molecular weight excluding hydrogens is 314 g/mol. The third kappa shape index (κ3) is 2.01. The molecule has 2 aromatic carbocycles. The molecule has 4 rings (SSSR count). The minimum absolute atomic E-state index is 0.369. The van der Waals surface area contributed by atoms with E-state index in [-0.39, 0.29) is 6.52 Å². The van der Waals surface area contributed by atoms with Crippen molar-refractivity contribution in [1.82, 2.24) is 0 Å². The number of benzene rings is 2. The molecule has 0 aromatic heterocycles. The van der Waals surface area contributed by atoms with Crippen LogP contribution in [0.5, 0.6) is 5.75 Å². The zero-order valence-corrected chi connectivity index (χ0v) is 12.6. The van der Waals surface area contributed by atoms with Crippen molar-refractivity contribution in [2.24, 2.45) is 0 Å².